The van der Waals surface area contributed by atoms with Crippen LogP contribution < -0.4 is 4.74 Å². The smallest absolute Gasteiger partial charge is 0.345 e. The van der Waals surface area contributed by atoms with Crippen LogP contribution >= 0.6 is 15.2 Å². The van der Waals surface area contributed by atoms with Crippen molar-refractivity contribution in [1.29, 1.82) is 0 Å². The second-order valence-electron chi connectivity index (χ2n) is 8.17. The number of hydrogen-bond acceptors (Lipinski definition) is 10. The minimum atomic E-state index is -3.90. The molecular formula is C25H35N3O8P2. The van der Waals surface area contributed by atoms with E-state index < -0.39 is 26.6 Å². The van der Waals surface area contributed by atoms with Crippen molar-refractivity contribution in [3.63, 3.8) is 0 Å². The van der Waals surface area contributed by atoms with E-state index in [2.05, 4.69) is 10.1 Å². The summed E-state index contributed by atoms with van der Waals surface area (Å²) < 4.78 is 57.0. The second kappa shape index (κ2) is 13.6. The summed E-state index contributed by atoms with van der Waals surface area (Å²) in [7, 11) is -7.79. The summed E-state index contributed by atoms with van der Waals surface area (Å²) in [5, 5.41) is 3.25. The van der Waals surface area contributed by atoms with Crippen molar-refractivity contribution >= 4 is 26.8 Å². The molecule has 2 aromatic heterocycles. The van der Waals surface area contributed by atoms with Crippen molar-refractivity contribution in [2.75, 3.05) is 26.4 Å². The molecule has 3 rings (SSSR count). The molecule has 11 nitrogen and oxygen atoms in total. The van der Waals surface area contributed by atoms with Gasteiger partial charge in [-0.05, 0) is 65.7 Å². The fraction of sp³-hybridized carbons (Fsp3) is 0.480. The van der Waals surface area contributed by atoms with E-state index in [9.17, 15) is 13.9 Å². The maximum absolute atomic E-state index is 13.9. The average molecular weight is 568 g/mol. The zero-order valence-electron chi connectivity index (χ0n) is 22.4. The molecule has 2 heterocycles. The van der Waals surface area contributed by atoms with Crippen molar-refractivity contribution in [1.82, 2.24) is 14.6 Å². The van der Waals surface area contributed by atoms with Gasteiger partial charge in [-0.25, -0.2) is 14.3 Å². The van der Waals surface area contributed by atoms with E-state index in [1.165, 1.54) is 4.52 Å². The van der Waals surface area contributed by atoms with Crippen LogP contribution in [0.4, 0.5) is 0 Å². The van der Waals surface area contributed by atoms with Crippen LogP contribution in [0.25, 0.3) is 5.65 Å². The first kappa shape index (κ1) is 30.2. The van der Waals surface area contributed by atoms with Crippen LogP contribution in [-0.4, -0.2) is 52.4 Å². The van der Waals surface area contributed by atoms with Crippen LogP contribution in [0.3, 0.4) is 0 Å². The molecule has 0 saturated carbocycles. The molecule has 0 atom stereocenters. The third-order valence-corrected chi connectivity index (χ3v) is 11.6. The molecule has 0 bridgehead atoms. The molecule has 0 amide bonds. The Morgan fingerprint density at radius 3 is 1.97 bits per heavy atom. The predicted molar refractivity (Wildman–Crippen MR) is 143 cm³/mol. The van der Waals surface area contributed by atoms with Gasteiger partial charge >= 0.3 is 21.2 Å². The number of carbonyl (C=O) groups is 1. The molecule has 1 aromatic carbocycles. The van der Waals surface area contributed by atoms with Crippen molar-refractivity contribution in [2.24, 2.45) is 0 Å². The SMILES string of the molecule is CCOP(=O)(OCC)C(CCc1cc(C)nc2cc(OC(=O)c3ccccc3)nn12)P(=O)(OCC)OCC. The van der Waals surface area contributed by atoms with Gasteiger partial charge in [0.2, 0.25) is 5.88 Å². The Morgan fingerprint density at radius 2 is 1.45 bits per heavy atom. The lowest BCUT2D eigenvalue weighted by Crippen LogP contribution is -2.19. The Morgan fingerprint density at radius 1 is 0.895 bits per heavy atom. The number of hydrogen-bond donors (Lipinski definition) is 0. The molecule has 13 heteroatoms. The van der Waals surface area contributed by atoms with Crippen LogP contribution in [0.15, 0.2) is 42.5 Å². The fourth-order valence-corrected chi connectivity index (χ4v) is 9.37. The minimum Gasteiger partial charge on any atom is -0.402 e. The van der Waals surface area contributed by atoms with Crippen LogP contribution in [0.2, 0.25) is 0 Å². The predicted octanol–water partition coefficient (Wildman–Crippen LogP) is 6.05. The van der Waals surface area contributed by atoms with Gasteiger partial charge in [-0.2, -0.15) is 0 Å². The van der Waals surface area contributed by atoms with Gasteiger partial charge < -0.3 is 22.8 Å². The van der Waals surface area contributed by atoms with Gasteiger partial charge in [0.25, 0.3) is 0 Å². The molecule has 0 aliphatic heterocycles. The summed E-state index contributed by atoms with van der Waals surface area (Å²) in [6.45, 7) is 8.96. The summed E-state index contributed by atoms with van der Waals surface area (Å²) in [4.78, 5) is 17.0. The highest BCUT2D eigenvalue weighted by Crippen LogP contribution is 2.71. The zero-order valence-corrected chi connectivity index (χ0v) is 24.2. The van der Waals surface area contributed by atoms with Crippen molar-refractivity contribution in [2.45, 2.75) is 52.9 Å². The molecule has 208 valence electrons. The largest absolute Gasteiger partial charge is 0.402 e. The van der Waals surface area contributed by atoms with Gasteiger partial charge in [0.1, 0.15) is 0 Å². The van der Waals surface area contributed by atoms with Crippen LogP contribution in [0, 0.1) is 6.92 Å². The van der Waals surface area contributed by atoms with E-state index in [4.69, 9.17) is 22.8 Å². The van der Waals surface area contributed by atoms with Crippen molar-refractivity contribution in [3.8, 4) is 5.88 Å². The Kier molecular flexibility index (Phi) is 10.8. The summed E-state index contributed by atoms with van der Waals surface area (Å²) in [6.07, 6.45) is 0.346. The summed E-state index contributed by atoms with van der Waals surface area (Å²) in [5.41, 5.74) is 2.21. The van der Waals surface area contributed by atoms with E-state index in [0.29, 0.717) is 22.6 Å². The Balaban J connectivity index is 1.96. The number of nitrogens with zero attached hydrogens (tertiary/aromatic N) is 3. The van der Waals surface area contributed by atoms with Crippen molar-refractivity contribution < 1.29 is 36.8 Å². The number of rotatable bonds is 15. The number of ether oxygens (including phenoxy) is 1. The first-order chi connectivity index (χ1) is 18.2. The lowest BCUT2D eigenvalue weighted by atomic mass is 10.2. The number of carbonyl (C=O) groups excluding carboxylic acids is 1. The van der Waals surface area contributed by atoms with Crippen LogP contribution in [0.1, 0.15) is 55.9 Å². The van der Waals surface area contributed by atoms with Crippen LogP contribution in [0.5, 0.6) is 5.88 Å². The first-order valence-electron chi connectivity index (χ1n) is 12.6. The van der Waals surface area contributed by atoms with Crippen molar-refractivity contribution in [3.05, 3.63) is 59.4 Å². The number of esters is 1. The molecule has 0 unspecified atom stereocenters. The maximum atomic E-state index is 13.9. The Bertz CT molecular complexity index is 1260. The molecule has 0 spiro atoms. The van der Waals surface area contributed by atoms with Gasteiger partial charge in [-0.1, -0.05) is 18.2 Å². The number of benzene rings is 1. The monoisotopic (exact) mass is 567 g/mol. The molecule has 0 radical (unpaired) electrons. The van der Waals surface area contributed by atoms with Gasteiger partial charge in [0.05, 0.1) is 32.0 Å². The summed E-state index contributed by atoms with van der Waals surface area (Å²) >= 11 is 0. The third-order valence-electron chi connectivity index (χ3n) is 5.44. The lowest BCUT2D eigenvalue weighted by Gasteiger charge is -2.31. The quantitative estimate of drug-likeness (QED) is 0.158. The minimum absolute atomic E-state index is 0.0818. The molecule has 0 aliphatic rings. The van der Waals surface area contributed by atoms with E-state index in [-0.39, 0.29) is 45.1 Å². The normalized spacial score (nSPS) is 12.4. The number of aromatic nitrogens is 3. The average Bonchev–Trinajstić information content (AvgIpc) is 3.27. The second-order valence-corrected chi connectivity index (χ2v) is 13.0. The fourth-order valence-electron chi connectivity index (χ4n) is 4.02. The topological polar surface area (TPSA) is 128 Å². The molecule has 0 saturated heterocycles. The zero-order chi connectivity index (χ0) is 27.8. The number of aryl methyl sites for hydroxylation is 2. The molecule has 38 heavy (non-hydrogen) atoms. The Labute approximate surface area is 222 Å². The highest BCUT2D eigenvalue weighted by atomic mass is 31.2. The van der Waals surface area contributed by atoms with E-state index in [1.54, 1.807) is 70.2 Å². The first-order valence-corrected chi connectivity index (χ1v) is 15.8. The standard InChI is InChI=1S/C25H35N3O8P2/c1-6-32-37(30,33-7-2)24(38(31,34-8-3)35-9-4)16-15-21-17-19(5)26-22-18-23(27-28(21)22)36-25(29)20-13-11-10-12-14-20/h10-14,17-18,24H,6-9,15-16H2,1-5H3. The van der Waals surface area contributed by atoms with Gasteiger partial charge in [-0.15, -0.1) is 5.10 Å². The van der Waals surface area contributed by atoms with E-state index >= 15 is 0 Å². The molecule has 0 fully saturated rings. The maximum Gasteiger partial charge on any atom is 0.345 e. The highest BCUT2D eigenvalue weighted by molar-refractivity contribution is 7.72. The lowest BCUT2D eigenvalue weighted by molar-refractivity contribution is 0.0726. The van der Waals surface area contributed by atoms with E-state index in [0.717, 1.165) is 0 Å². The molecular weight excluding hydrogens is 532 g/mol. The summed E-state index contributed by atoms with van der Waals surface area (Å²) in [6, 6.07) is 12.0. The van der Waals surface area contributed by atoms with Gasteiger partial charge in [0, 0.05) is 17.5 Å². The molecule has 0 aliphatic carbocycles. The van der Waals surface area contributed by atoms with Gasteiger partial charge in [0.15, 0.2) is 11.0 Å². The van der Waals surface area contributed by atoms with Crippen LogP contribution in [-0.2, 0) is 33.6 Å². The third kappa shape index (κ3) is 7.17. The highest BCUT2D eigenvalue weighted by Gasteiger charge is 2.50. The molecule has 3 aromatic rings. The Hall–Kier alpha value is -2.39. The number of fused-ring (bicyclic) bond motifs is 1. The molecule has 0 N–H and O–H groups in total. The van der Waals surface area contributed by atoms with Gasteiger partial charge in [-0.3, -0.25) is 9.13 Å². The summed E-state index contributed by atoms with van der Waals surface area (Å²) in [5.74, 6) is -0.463. The van der Waals surface area contributed by atoms with E-state index in [1.807, 2.05) is 6.92 Å².